The highest BCUT2D eigenvalue weighted by Gasteiger charge is 2.18. The van der Waals surface area contributed by atoms with Crippen LogP contribution in [0.3, 0.4) is 0 Å². The minimum atomic E-state index is -2.52. The summed E-state index contributed by atoms with van der Waals surface area (Å²) in [5.41, 5.74) is 5.83. The molecule has 1 aliphatic carbocycles. The van der Waals surface area contributed by atoms with E-state index in [4.69, 9.17) is 5.14 Å². The zero-order valence-corrected chi connectivity index (χ0v) is 17.2. The van der Waals surface area contributed by atoms with E-state index in [1.807, 2.05) is 19.1 Å². The molecule has 0 fully saturated rings. The number of nitrogens with zero attached hydrogens (tertiary/aromatic N) is 1. The Bertz CT molecular complexity index is 1010. The Hall–Kier alpha value is -2.04. The molecule has 4 rings (SSSR count). The maximum Gasteiger partial charge on any atom is 0.0507 e. The molecule has 0 saturated carbocycles. The number of benzene rings is 2. The number of hydrogen-bond donors (Lipinski definition) is 1. The van der Waals surface area contributed by atoms with E-state index in [9.17, 15) is 4.21 Å². The molecule has 1 atom stereocenters. The Morgan fingerprint density at radius 2 is 1.74 bits per heavy atom. The van der Waals surface area contributed by atoms with E-state index < -0.39 is 9.71 Å². The van der Waals surface area contributed by atoms with Gasteiger partial charge in [0.15, 0.2) is 0 Å². The average molecular weight is 383 g/mol. The van der Waals surface area contributed by atoms with E-state index in [-0.39, 0.29) is 0 Å². The molecule has 3 aromatic rings. The van der Waals surface area contributed by atoms with Gasteiger partial charge < -0.3 is 4.57 Å². The second kappa shape index (κ2) is 8.32. The van der Waals surface area contributed by atoms with Crippen LogP contribution in [0.25, 0.3) is 10.9 Å². The molecular weight excluding hydrogens is 352 g/mol. The number of fused-ring (bicyclic) bond motifs is 3. The van der Waals surface area contributed by atoms with Gasteiger partial charge in [-0.05, 0) is 68.7 Å². The summed E-state index contributed by atoms with van der Waals surface area (Å²) in [6.07, 6.45) is 6.53. The zero-order chi connectivity index (χ0) is 19.4. The van der Waals surface area contributed by atoms with Gasteiger partial charge in [0.1, 0.15) is 0 Å². The molecule has 144 valence electrons. The minimum absolute atomic E-state index is 0.600. The summed E-state index contributed by atoms with van der Waals surface area (Å²) in [5.74, 6) is 3.38. The highest BCUT2D eigenvalue weighted by Crippen LogP contribution is 2.32. The van der Waals surface area contributed by atoms with E-state index in [2.05, 4.69) is 41.6 Å². The van der Waals surface area contributed by atoms with Gasteiger partial charge in [0.25, 0.3) is 0 Å². The Kier molecular flexibility index (Phi) is 6.08. The third-order valence-corrected chi connectivity index (χ3v) is 6.22. The van der Waals surface area contributed by atoms with Gasteiger partial charge in [-0.15, -0.1) is 0 Å². The van der Waals surface area contributed by atoms with Gasteiger partial charge in [-0.3, -0.25) is 5.14 Å². The number of aromatic nitrogens is 1. The first-order chi connectivity index (χ1) is 12.9. The number of nitrogens with two attached hydrogens (primary N) is 1. The monoisotopic (exact) mass is 382 g/mol. The van der Waals surface area contributed by atoms with Crippen molar-refractivity contribution in [2.45, 2.75) is 57.4 Å². The lowest BCUT2D eigenvalue weighted by Gasteiger charge is -2.15. The van der Waals surface area contributed by atoms with E-state index >= 15 is 0 Å². The maximum absolute atomic E-state index is 11.2. The predicted octanol–water partition coefficient (Wildman–Crippen LogP) is 4.87. The fourth-order valence-electron chi connectivity index (χ4n) is 3.83. The van der Waals surface area contributed by atoms with Crippen molar-refractivity contribution in [1.82, 2.24) is 4.57 Å². The molecule has 0 amide bonds. The van der Waals surface area contributed by atoms with Crippen LogP contribution in [0.4, 0.5) is 0 Å². The van der Waals surface area contributed by atoms with Crippen LogP contribution < -0.4 is 5.14 Å². The molecule has 0 radical (unpaired) electrons. The summed E-state index contributed by atoms with van der Waals surface area (Å²) in [6.45, 7) is 5.41. The normalized spacial score (nSPS) is 15.5. The topological polar surface area (TPSA) is 48.0 Å². The number of rotatable bonds is 3. The van der Waals surface area contributed by atoms with Gasteiger partial charge in [-0.25, -0.2) is 4.21 Å². The SMILES string of the molecule is C=S(N)(=O)c1ccc(C)cc1.CCCn1c2c(c3ccccc31)CCCC2. The number of aryl methyl sites for hydroxylation is 3. The highest BCUT2D eigenvalue weighted by molar-refractivity contribution is 7.98. The first-order valence-corrected chi connectivity index (χ1v) is 11.5. The molecule has 1 heterocycles. The van der Waals surface area contributed by atoms with Crippen molar-refractivity contribution in [2.75, 3.05) is 0 Å². The molecule has 0 aliphatic heterocycles. The molecule has 1 aromatic heterocycles. The van der Waals surface area contributed by atoms with Crippen molar-refractivity contribution in [1.29, 1.82) is 0 Å². The van der Waals surface area contributed by atoms with Crippen molar-refractivity contribution in [3.63, 3.8) is 0 Å². The Morgan fingerprint density at radius 3 is 2.41 bits per heavy atom. The molecule has 1 aliphatic rings. The summed E-state index contributed by atoms with van der Waals surface area (Å²) < 4.78 is 13.7. The lowest BCUT2D eigenvalue weighted by molar-refractivity contribution is 0.606. The van der Waals surface area contributed by atoms with E-state index in [1.54, 1.807) is 23.4 Å². The van der Waals surface area contributed by atoms with Crippen LogP contribution in [-0.4, -0.2) is 14.6 Å². The molecule has 27 heavy (non-hydrogen) atoms. The maximum atomic E-state index is 11.2. The van der Waals surface area contributed by atoms with Gasteiger partial charge in [-0.1, -0.05) is 42.8 Å². The van der Waals surface area contributed by atoms with Crippen LogP contribution in [0, 0.1) is 6.92 Å². The van der Waals surface area contributed by atoms with E-state index in [1.165, 1.54) is 49.6 Å². The summed E-state index contributed by atoms with van der Waals surface area (Å²) in [6, 6.07) is 16.1. The fourth-order valence-corrected chi connectivity index (χ4v) is 4.43. The van der Waals surface area contributed by atoms with Crippen molar-refractivity contribution in [3.05, 3.63) is 65.4 Å². The summed E-state index contributed by atoms with van der Waals surface area (Å²) in [5, 5.41) is 6.83. The van der Waals surface area contributed by atoms with Crippen LogP contribution in [-0.2, 0) is 29.1 Å². The van der Waals surface area contributed by atoms with Crippen LogP contribution >= 0.6 is 0 Å². The van der Waals surface area contributed by atoms with Crippen LogP contribution in [0.2, 0.25) is 0 Å². The van der Waals surface area contributed by atoms with Crippen molar-refractivity contribution < 1.29 is 4.21 Å². The molecule has 0 saturated heterocycles. The first-order valence-electron chi connectivity index (χ1n) is 9.72. The third kappa shape index (κ3) is 4.45. The average Bonchev–Trinajstić information content (AvgIpc) is 2.97. The number of para-hydroxylation sites is 1. The van der Waals surface area contributed by atoms with E-state index in [0.29, 0.717) is 4.90 Å². The Labute approximate surface area is 163 Å². The van der Waals surface area contributed by atoms with Gasteiger partial charge >= 0.3 is 0 Å². The highest BCUT2D eigenvalue weighted by atomic mass is 32.2. The van der Waals surface area contributed by atoms with Gasteiger partial charge in [0.05, 0.1) is 9.71 Å². The van der Waals surface area contributed by atoms with Crippen LogP contribution in [0.5, 0.6) is 0 Å². The minimum Gasteiger partial charge on any atom is -0.344 e. The predicted molar refractivity (Wildman–Crippen MR) is 118 cm³/mol. The summed E-state index contributed by atoms with van der Waals surface area (Å²) in [4.78, 5) is 0.600. The first kappa shape index (κ1) is 19.7. The molecule has 0 bridgehead atoms. The van der Waals surface area contributed by atoms with Crippen molar-refractivity contribution in [3.8, 4) is 0 Å². The Balaban J connectivity index is 0.000000168. The quantitative estimate of drug-likeness (QED) is 0.645. The van der Waals surface area contributed by atoms with Crippen molar-refractivity contribution in [2.24, 2.45) is 5.14 Å². The van der Waals surface area contributed by atoms with Gasteiger partial charge in [0, 0.05) is 28.0 Å². The second-order valence-corrected chi connectivity index (χ2v) is 9.26. The zero-order valence-electron chi connectivity index (χ0n) is 16.4. The molecule has 0 spiro atoms. The largest absolute Gasteiger partial charge is 0.344 e. The molecule has 2 aromatic carbocycles. The molecular formula is C23H30N2OS. The van der Waals surface area contributed by atoms with Crippen LogP contribution in [0.1, 0.15) is 43.0 Å². The number of hydrogen-bond acceptors (Lipinski definition) is 1. The smallest absolute Gasteiger partial charge is 0.0507 e. The van der Waals surface area contributed by atoms with Crippen LogP contribution in [0.15, 0.2) is 53.4 Å². The molecule has 1 unspecified atom stereocenters. The molecule has 4 heteroatoms. The lowest BCUT2D eigenvalue weighted by atomic mass is 9.95. The van der Waals surface area contributed by atoms with Gasteiger partial charge in [-0.2, -0.15) is 0 Å². The third-order valence-electron chi connectivity index (χ3n) is 5.15. The lowest BCUT2D eigenvalue weighted by Crippen LogP contribution is -2.11. The van der Waals surface area contributed by atoms with Gasteiger partial charge in [0.2, 0.25) is 0 Å². The molecule has 3 nitrogen and oxygen atoms in total. The van der Waals surface area contributed by atoms with E-state index in [0.717, 1.165) is 5.56 Å². The standard InChI is InChI=1S/C15H19N.C8H11NOS/c1-2-11-16-14-9-5-3-7-12(14)13-8-4-6-10-15(13)16;1-7-3-5-8(6-4-7)11(2,9)10/h3,5,7,9H,2,4,6,8,10-11H2,1H3;3-6H,2H2,1H3,(H2,9,10). The second-order valence-electron chi connectivity index (χ2n) is 7.34. The summed E-state index contributed by atoms with van der Waals surface area (Å²) in [7, 11) is -2.52. The Morgan fingerprint density at radius 1 is 1.07 bits per heavy atom. The summed E-state index contributed by atoms with van der Waals surface area (Å²) >= 11 is 0. The fraction of sp³-hybridized carbons (Fsp3) is 0.348. The molecule has 2 N–H and O–H groups in total. The van der Waals surface area contributed by atoms with Crippen molar-refractivity contribution >= 4 is 26.5 Å².